The highest BCUT2D eigenvalue weighted by atomic mass is 16.2. The Balaban J connectivity index is 3.80. The predicted molar refractivity (Wildman–Crippen MR) is 60.3 cm³/mol. The molecular formula is C11H24N2O. The molecule has 0 saturated heterocycles. The van der Waals surface area contributed by atoms with E-state index in [-0.39, 0.29) is 5.91 Å². The minimum absolute atomic E-state index is 0.217. The van der Waals surface area contributed by atoms with Crippen LogP contribution in [0.25, 0.3) is 0 Å². The fraction of sp³-hybridized carbons (Fsp3) is 0.909. The minimum Gasteiger partial charge on any atom is -0.342 e. The minimum atomic E-state index is 0.217. The first kappa shape index (κ1) is 13.4. The van der Waals surface area contributed by atoms with Crippen LogP contribution in [0.3, 0.4) is 0 Å². The number of amides is 1. The smallest absolute Gasteiger partial charge is 0.236 e. The van der Waals surface area contributed by atoms with Gasteiger partial charge in [-0.15, -0.1) is 0 Å². The van der Waals surface area contributed by atoms with E-state index in [4.69, 9.17) is 0 Å². The van der Waals surface area contributed by atoms with Crippen molar-refractivity contribution in [2.75, 3.05) is 19.6 Å². The van der Waals surface area contributed by atoms with Crippen LogP contribution in [-0.4, -0.2) is 36.5 Å². The highest BCUT2D eigenvalue weighted by Gasteiger charge is 2.10. The Morgan fingerprint density at radius 2 is 2.00 bits per heavy atom. The summed E-state index contributed by atoms with van der Waals surface area (Å²) in [5, 5.41) is 3.21. The van der Waals surface area contributed by atoms with Gasteiger partial charge in [0.15, 0.2) is 0 Å². The predicted octanol–water partition coefficient (Wildman–Crippen LogP) is 1.63. The van der Waals surface area contributed by atoms with Crippen molar-refractivity contribution in [1.82, 2.24) is 10.2 Å². The summed E-state index contributed by atoms with van der Waals surface area (Å²) in [5.41, 5.74) is 0. The van der Waals surface area contributed by atoms with Crippen LogP contribution in [0.4, 0.5) is 0 Å². The van der Waals surface area contributed by atoms with E-state index in [1.54, 1.807) is 0 Å². The van der Waals surface area contributed by atoms with Gasteiger partial charge < -0.3 is 10.2 Å². The summed E-state index contributed by atoms with van der Waals surface area (Å²) in [5.74, 6) is 0.217. The molecule has 0 aromatic rings. The molecule has 0 aromatic heterocycles. The molecule has 0 bridgehead atoms. The van der Waals surface area contributed by atoms with Crippen LogP contribution >= 0.6 is 0 Å². The summed E-state index contributed by atoms with van der Waals surface area (Å²) >= 11 is 0. The number of carbonyl (C=O) groups excluding carboxylic acids is 1. The molecule has 0 aliphatic rings. The van der Waals surface area contributed by atoms with Gasteiger partial charge in [0.05, 0.1) is 6.54 Å². The molecule has 1 N–H and O–H groups in total. The maximum Gasteiger partial charge on any atom is 0.236 e. The highest BCUT2D eigenvalue weighted by molar-refractivity contribution is 5.78. The lowest BCUT2D eigenvalue weighted by atomic mass is 10.2. The van der Waals surface area contributed by atoms with Crippen molar-refractivity contribution in [3.05, 3.63) is 0 Å². The van der Waals surface area contributed by atoms with Gasteiger partial charge >= 0.3 is 0 Å². The van der Waals surface area contributed by atoms with E-state index in [9.17, 15) is 4.79 Å². The second-order valence-electron chi connectivity index (χ2n) is 3.66. The second kappa shape index (κ2) is 7.80. The van der Waals surface area contributed by atoms with Gasteiger partial charge in [-0.3, -0.25) is 4.79 Å². The highest BCUT2D eigenvalue weighted by Crippen LogP contribution is 1.93. The Hall–Kier alpha value is -0.570. The van der Waals surface area contributed by atoms with E-state index in [2.05, 4.69) is 26.1 Å². The molecule has 1 amide bonds. The molecule has 3 heteroatoms. The lowest BCUT2D eigenvalue weighted by Crippen LogP contribution is -2.41. The molecule has 3 nitrogen and oxygen atoms in total. The van der Waals surface area contributed by atoms with Crippen LogP contribution in [0.2, 0.25) is 0 Å². The summed E-state index contributed by atoms with van der Waals surface area (Å²) in [6, 6.07) is 0.430. The lowest BCUT2D eigenvalue weighted by molar-refractivity contribution is -0.130. The zero-order valence-electron chi connectivity index (χ0n) is 9.97. The van der Waals surface area contributed by atoms with Gasteiger partial charge in [0.2, 0.25) is 5.91 Å². The molecule has 0 aliphatic heterocycles. The summed E-state index contributed by atoms with van der Waals surface area (Å²) < 4.78 is 0. The molecule has 14 heavy (non-hydrogen) atoms. The third kappa shape index (κ3) is 5.22. The number of hydrogen-bond donors (Lipinski definition) is 1. The van der Waals surface area contributed by atoms with Crippen molar-refractivity contribution >= 4 is 5.91 Å². The normalized spacial score (nSPS) is 12.6. The van der Waals surface area contributed by atoms with Gasteiger partial charge in [0, 0.05) is 19.1 Å². The second-order valence-corrected chi connectivity index (χ2v) is 3.66. The van der Waals surface area contributed by atoms with Gasteiger partial charge in [-0.25, -0.2) is 0 Å². The fourth-order valence-corrected chi connectivity index (χ4v) is 1.25. The Morgan fingerprint density at radius 3 is 2.43 bits per heavy atom. The van der Waals surface area contributed by atoms with Crippen LogP contribution < -0.4 is 5.32 Å². The summed E-state index contributed by atoms with van der Waals surface area (Å²) in [6.45, 7) is 10.5. The average Bonchev–Trinajstić information content (AvgIpc) is 2.21. The van der Waals surface area contributed by atoms with Gasteiger partial charge in [0.1, 0.15) is 0 Å². The van der Waals surface area contributed by atoms with E-state index in [1.165, 1.54) is 0 Å². The van der Waals surface area contributed by atoms with Crippen molar-refractivity contribution in [3.63, 3.8) is 0 Å². The third-order valence-electron chi connectivity index (χ3n) is 2.44. The lowest BCUT2D eigenvalue weighted by Gasteiger charge is -2.21. The topological polar surface area (TPSA) is 32.3 Å². The number of nitrogens with one attached hydrogen (secondary N) is 1. The van der Waals surface area contributed by atoms with Crippen LogP contribution in [0.5, 0.6) is 0 Å². The largest absolute Gasteiger partial charge is 0.342 e. The Kier molecular flexibility index (Phi) is 7.48. The van der Waals surface area contributed by atoms with Gasteiger partial charge in [0.25, 0.3) is 0 Å². The van der Waals surface area contributed by atoms with E-state index in [0.717, 1.165) is 25.9 Å². The molecule has 0 aromatic carbocycles. The van der Waals surface area contributed by atoms with Crippen LogP contribution in [-0.2, 0) is 4.79 Å². The number of carbonyl (C=O) groups is 1. The van der Waals surface area contributed by atoms with Crippen molar-refractivity contribution < 1.29 is 4.79 Å². The first-order chi connectivity index (χ1) is 6.65. The van der Waals surface area contributed by atoms with Crippen LogP contribution in [0.15, 0.2) is 0 Å². The van der Waals surface area contributed by atoms with Crippen LogP contribution in [0.1, 0.15) is 40.5 Å². The number of nitrogens with zero attached hydrogens (tertiary/aromatic N) is 1. The molecule has 1 atom stereocenters. The SMILES string of the molecule is CCCN(CC)C(=O)CNC(C)CC. The maximum atomic E-state index is 11.6. The Bertz CT molecular complexity index is 159. The summed E-state index contributed by atoms with van der Waals surface area (Å²) in [4.78, 5) is 13.5. The molecule has 1 unspecified atom stereocenters. The quantitative estimate of drug-likeness (QED) is 0.677. The molecule has 0 radical (unpaired) electrons. The van der Waals surface area contributed by atoms with Gasteiger partial charge in [-0.05, 0) is 26.7 Å². The molecular weight excluding hydrogens is 176 g/mol. The molecule has 0 saturated carbocycles. The molecule has 0 fully saturated rings. The van der Waals surface area contributed by atoms with Crippen molar-refractivity contribution in [1.29, 1.82) is 0 Å². The van der Waals surface area contributed by atoms with Crippen molar-refractivity contribution in [2.45, 2.75) is 46.6 Å². The molecule has 0 aliphatic carbocycles. The summed E-state index contributed by atoms with van der Waals surface area (Å²) in [6.07, 6.45) is 2.09. The van der Waals surface area contributed by atoms with E-state index >= 15 is 0 Å². The standard InChI is InChI=1S/C11H24N2O/c1-5-8-13(7-3)11(14)9-12-10(4)6-2/h10,12H,5-9H2,1-4H3. The molecule has 0 heterocycles. The Labute approximate surface area is 87.9 Å². The van der Waals surface area contributed by atoms with Crippen LogP contribution in [0, 0.1) is 0 Å². The zero-order valence-corrected chi connectivity index (χ0v) is 9.97. The van der Waals surface area contributed by atoms with E-state index in [1.807, 2.05) is 11.8 Å². The maximum absolute atomic E-state index is 11.6. The van der Waals surface area contributed by atoms with Crippen molar-refractivity contribution in [3.8, 4) is 0 Å². The molecule has 0 spiro atoms. The zero-order chi connectivity index (χ0) is 11.0. The third-order valence-corrected chi connectivity index (χ3v) is 2.44. The number of hydrogen-bond acceptors (Lipinski definition) is 2. The summed E-state index contributed by atoms with van der Waals surface area (Å²) in [7, 11) is 0. The number of likely N-dealkylation sites (N-methyl/N-ethyl adjacent to an activating group) is 1. The first-order valence-corrected chi connectivity index (χ1v) is 5.66. The monoisotopic (exact) mass is 200 g/mol. The Morgan fingerprint density at radius 1 is 1.36 bits per heavy atom. The first-order valence-electron chi connectivity index (χ1n) is 5.66. The van der Waals surface area contributed by atoms with Gasteiger partial charge in [-0.1, -0.05) is 13.8 Å². The van der Waals surface area contributed by atoms with Crippen molar-refractivity contribution in [2.24, 2.45) is 0 Å². The number of rotatable bonds is 7. The van der Waals surface area contributed by atoms with Gasteiger partial charge in [-0.2, -0.15) is 0 Å². The molecule has 84 valence electrons. The fourth-order valence-electron chi connectivity index (χ4n) is 1.25. The average molecular weight is 200 g/mol. The molecule has 0 rings (SSSR count). The van der Waals surface area contributed by atoms with E-state index in [0.29, 0.717) is 12.6 Å². The van der Waals surface area contributed by atoms with E-state index < -0.39 is 0 Å².